The number of halogens is 1. The lowest BCUT2D eigenvalue weighted by Crippen LogP contribution is -2.49. The molecule has 3 rings (SSSR count). The minimum absolute atomic E-state index is 0.0184. The van der Waals surface area contributed by atoms with Crippen LogP contribution in [0.2, 0.25) is 5.02 Å². The maximum atomic E-state index is 12.6. The molecule has 0 saturated carbocycles. The molecule has 0 radical (unpaired) electrons. The van der Waals surface area contributed by atoms with Gasteiger partial charge in [-0.25, -0.2) is 4.79 Å². The second-order valence-corrected chi connectivity index (χ2v) is 9.49. The average molecular weight is 460 g/mol. The van der Waals surface area contributed by atoms with E-state index in [1.807, 2.05) is 40.7 Å². The van der Waals surface area contributed by atoms with Gasteiger partial charge in [-0.15, -0.1) is 0 Å². The van der Waals surface area contributed by atoms with Crippen LogP contribution in [0.3, 0.4) is 0 Å². The highest BCUT2D eigenvalue weighted by molar-refractivity contribution is 6.34. The first-order chi connectivity index (χ1) is 15.0. The smallest absolute Gasteiger partial charge is 0.410 e. The Morgan fingerprint density at radius 2 is 1.97 bits per heavy atom. The zero-order chi connectivity index (χ0) is 23.5. The van der Waals surface area contributed by atoms with Crippen molar-refractivity contribution in [2.24, 2.45) is 0 Å². The van der Waals surface area contributed by atoms with Gasteiger partial charge in [-0.2, -0.15) is 4.98 Å². The summed E-state index contributed by atoms with van der Waals surface area (Å²) in [5.74, 6) is 0.461. The highest BCUT2D eigenvalue weighted by Gasteiger charge is 2.32. The Bertz CT molecular complexity index is 989. The number of rotatable bonds is 4. The Labute approximate surface area is 194 Å². The van der Waals surface area contributed by atoms with E-state index in [4.69, 9.17) is 21.1 Å². The molecule has 8 heteroatoms. The second-order valence-electron chi connectivity index (χ2n) is 9.09. The number of benzene rings is 1. The monoisotopic (exact) mass is 459 g/mol. The number of amides is 2. The predicted molar refractivity (Wildman–Crippen MR) is 124 cm³/mol. The molecule has 0 aliphatic carbocycles. The van der Waals surface area contributed by atoms with Crippen molar-refractivity contribution >= 4 is 29.4 Å². The molecule has 1 aromatic heterocycles. The molecule has 1 fully saturated rings. The predicted octanol–water partition coefficient (Wildman–Crippen LogP) is 5.46. The van der Waals surface area contributed by atoms with Crippen molar-refractivity contribution in [1.82, 2.24) is 9.88 Å². The average Bonchev–Trinajstić information content (AvgIpc) is 2.66. The third-order valence-electron chi connectivity index (χ3n) is 5.08. The minimum atomic E-state index is -0.526. The third-order valence-corrected chi connectivity index (χ3v) is 5.39. The van der Waals surface area contributed by atoms with Crippen LogP contribution in [-0.2, 0) is 4.74 Å². The van der Waals surface area contributed by atoms with Crippen LogP contribution in [-0.4, -0.2) is 46.2 Å². The van der Waals surface area contributed by atoms with Crippen molar-refractivity contribution < 1.29 is 19.1 Å². The van der Waals surface area contributed by atoms with Gasteiger partial charge in [0.15, 0.2) is 0 Å². The van der Waals surface area contributed by atoms with E-state index in [0.29, 0.717) is 41.7 Å². The Hall–Kier alpha value is -2.80. The van der Waals surface area contributed by atoms with E-state index in [-0.39, 0.29) is 24.1 Å². The summed E-state index contributed by atoms with van der Waals surface area (Å²) in [6.07, 6.45) is 0.937. The van der Waals surface area contributed by atoms with Gasteiger partial charge in [0, 0.05) is 31.5 Å². The number of anilines is 1. The zero-order valence-corrected chi connectivity index (χ0v) is 19.9. The van der Waals surface area contributed by atoms with Gasteiger partial charge in [-0.3, -0.25) is 4.79 Å². The normalized spacial score (nSPS) is 18.8. The van der Waals surface area contributed by atoms with Gasteiger partial charge in [-0.1, -0.05) is 23.7 Å². The van der Waals surface area contributed by atoms with Gasteiger partial charge in [0.25, 0.3) is 5.91 Å². The van der Waals surface area contributed by atoms with E-state index < -0.39 is 5.60 Å². The first-order valence-electron chi connectivity index (χ1n) is 10.7. The van der Waals surface area contributed by atoms with Crippen molar-refractivity contribution in [2.75, 3.05) is 11.9 Å². The van der Waals surface area contributed by atoms with Gasteiger partial charge in [0.1, 0.15) is 17.5 Å². The molecule has 2 heterocycles. The van der Waals surface area contributed by atoms with E-state index in [0.717, 1.165) is 5.56 Å². The molecule has 32 heavy (non-hydrogen) atoms. The fraction of sp³-hybridized carbons (Fsp3) is 0.458. The summed E-state index contributed by atoms with van der Waals surface area (Å²) < 4.78 is 11.5. The lowest BCUT2D eigenvalue weighted by atomic mass is 10.0. The summed E-state index contributed by atoms with van der Waals surface area (Å²) >= 11 is 6.19. The van der Waals surface area contributed by atoms with E-state index in [1.54, 1.807) is 35.2 Å². The fourth-order valence-electron chi connectivity index (χ4n) is 3.54. The first kappa shape index (κ1) is 23.9. The van der Waals surface area contributed by atoms with E-state index >= 15 is 0 Å². The SMILES string of the molecule is Cc1ccc(C(=O)Nc2cccc(O[C@@H]3CCN(C(=O)OC(C)(C)C)[C@H](C)C3)n2)c(Cl)c1. The van der Waals surface area contributed by atoms with Crippen LogP contribution < -0.4 is 10.1 Å². The first-order valence-corrected chi connectivity index (χ1v) is 11.1. The van der Waals surface area contributed by atoms with Crippen LogP contribution in [0.25, 0.3) is 0 Å². The summed E-state index contributed by atoms with van der Waals surface area (Å²) in [6, 6.07) is 10.5. The number of hydrogen-bond acceptors (Lipinski definition) is 5. The number of aromatic nitrogens is 1. The molecular weight excluding hydrogens is 430 g/mol. The summed E-state index contributed by atoms with van der Waals surface area (Å²) in [6.45, 7) is 10.0. The summed E-state index contributed by atoms with van der Waals surface area (Å²) in [7, 11) is 0. The molecule has 1 N–H and O–H groups in total. The van der Waals surface area contributed by atoms with Crippen LogP contribution in [0, 0.1) is 6.92 Å². The van der Waals surface area contributed by atoms with Gasteiger partial charge < -0.3 is 19.7 Å². The lowest BCUT2D eigenvalue weighted by Gasteiger charge is -2.38. The van der Waals surface area contributed by atoms with Crippen LogP contribution in [0.15, 0.2) is 36.4 Å². The van der Waals surface area contributed by atoms with Gasteiger partial charge in [-0.05, 0) is 58.4 Å². The Balaban J connectivity index is 1.59. The van der Waals surface area contributed by atoms with Crippen LogP contribution in [0.5, 0.6) is 5.88 Å². The Morgan fingerprint density at radius 3 is 2.62 bits per heavy atom. The number of hydrogen-bond donors (Lipinski definition) is 1. The molecule has 0 bridgehead atoms. The van der Waals surface area contributed by atoms with Crippen molar-refractivity contribution in [2.45, 2.75) is 65.2 Å². The Kier molecular flexibility index (Phi) is 7.29. The van der Waals surface area contributed by atoms with Crippen molar-refractivity contribution in [3.05, 3.63) is 52.5 Å². The number of ether oxygens (including phenoxy) is 2. The molecule has 0 spiro atoms. The summed E-state index contributed by atoms with van der Waals surface area (Å²) in [5.41, 5.74) is 0.836. The molecule has 1 aromatic carbocycles. The number of piperidine rings is 1. The number of nitrogens with one attached hydrogen (secondary N) is 1. The van der Waals surface area contributed by atoms with E-state index in [9.17, 15) is 9.59 Å². The van der Waals surface area contributed by atoms with Crippen LogP contribution in [0.1, 0.15) is 56.5 Å². The number of carbonyl (C=O) groups is 2. The number of carbonyl (C=O) groups excluding carboxylic acids is 2. The largest absolute Gasteiger partial charge is 0.474 e. The number of aryl methyl sites for hydroxylation is 1. The number of nitrogens with zero attached hydrogens (tertiary/aromatic N) is 2. The topological polar surface area (TPSA) is 80.8 Å². The molecule has 1 saturated heterocycles. The van der Waals surface area contributed by atoms with Gasteiger partial charge in [0.05, 0.1) is 10.6 Å². The van der Waals surface area contributed by atoms with Crippen LogP contribution >= 0.6 is 11.6 Å². The minimum Gasteiger partial charge on any atom is -0.474 e. The lowest BCUT2D eigenvalue weighted by molar-refractivity contribution is -0.00148. The summed E-state index contributed by atoms with van der Waals surface area (Å²) in [5, 5.41) is 3.15. The molecule has 1 aliphatic rings. The maximum absolute atomic E-state index is 12.6. The Morgan fingerprint density at radius 1 is 1.22 bits per heavy atom. The molecular formula is C24H30ClN3O4. The van der Waals surface area contributed by atoms with Crippen molar-refractivity contribution in [3.8, 4) is 5.88 Å². The van der Waals surface area contributed by atoms with E-state index in [2.05, 4.69) is 10.3 Å². The standard InChI is InChI=1S/C24H30ClN3O4/c1-15-9-10-18(19(25)13-15)22(29)27-20-7-6-8-21(26-20)31-17-11-12-28(16(2)14-17)23(30)32-24(3,4)5/h6-10,13,16-17H,11-12,14H2,1-5H3,(H,26,27,29)/t16-,17-/m1/s1. The molecule has 2 atom stereocenters. The number of likely N-dealkylation sites (tertiary alicyclic amines) is 1. The van der Waals surface area contributed by atoms with Crippen molar-refractivity contribution in [3.63, 3.8) is 0 Å². The highest BCUT2D eigenvalue weighted by atomic mass is 35.5. The number of pyridine rings is 1. The molecule has 172 valence electrons. The fourth-order valence-corrected chi connectivity index (χ4v) is 3.86. The molecule has 2 aromatic rings. The highest BCUT2D eigenvalue weighted by Crippen LogP contribution is 2.25. The summed E-state index contributed by atoms with van der Waals surface area (Å²) in [4.78, 5) is 31.1. The van der Waals surface area contributed by atoms with Gasteiger partial charge >= 0.3 is 6.09 Å². The molecule has 7 nitrogen and oxygen atoms in total. The molecule has 0 unspecified atom stereocenters. The third kappa shape index (κ3) is 6.36. The van der Waals surface area contributed by atoms with Crippen LogP contribution in [0.4, 0.5) is 10.6 Å². The maximum Gasteiger partial charge on any atom is 0.410 e. The van der Waals surface area contributed by atoms with Gasteiger partial charge in [0.2, 0.25) is 5.88 Å². The molecule has 2 amide bonds. The van der Waals surface area contributed by atoms with E-state index in [1.165, 1.54) is 0 Å². The second kappa shape index (κ2) is 9.77. The quantitative estimate of drug-likeness (QED) is 0.656. The molecule has 1 aliphatic heterocycles. The zero-order valence-electron chi connectivity index (χ0n) is 19.1. The van der Waals surface area contributed by atoms with Crippen molar-refractivity contribution in [1.29, 1.82) is 0 Å².